The van der Waals surface area contributed by atoms with Crippen LogP contribution in [0.2, 0.25) is 0 Å². The SMILES string of the molecule is [2H]C([2H])(c1cc[n+](C)c(-c2c(C)ccc3c2oc2cc4c(cc23)oc2ccccc24)c1)C(C)(C)C. The summed E-state index contributed by atoms with van der Waals surface area (Å²) in [7, 11) is 1.99. The molecule has 0 aliphatic rings. The first-order chi connectivity index (χ1) is 16.6. The Bertz CT molecular complexity index is 1780. The van der Waals surface area contributed by atoms with E-state index in [4.69, 9.17) is 11.6 Å². The van der Waals surface area contributed by atoms with Gasteiger partial charge >= 0.3 is 0 Å². The molecular weight excluding hydrogens is 406 g/mol. The fraction of sp³-hybridized carbons (Fsp3) is 0.233. The Hall–Kier alpha value is -3.59. The Kier molecular flexibility index (Phi) is 3.77. The van der Waals surface area contributed by atoms with Gasteiger partial charge in [0.25, 0.3) is 0 Å². The van der Waals surface area contributed by atoms with Gasteiger partial charge in [-0.05, 0) is 48.0 Å². The number of hydrogen-bond donors (Lipinski definition) is 0. The predicted octanol–water partition coefficient (Wildman–Crippen LogP) is 7.87. The molecule has 33 heavy (non-hydrogen) atoms. The topological polar surface area (TPSA) is 30.2 Å². The van der Waals surface area contributed by atoms with Crippen molar-refractivity contribution in [1.82, 2.24) is 0 Å². The van der Waals surface area contributed by atoms with Gasteiger partial charge in [0, 0.05) is 36.4 Å². The first-order valence-corrected chi connectivity index (χ1v) is 11.3. The van der Waals surface area contributed by atoms with E-state index in [0.717, 1.165) is 60.7 Å². The average Bonchev–Trinajstić information content (AvgIpc) is 3.34. The quantitative estimate of drug-likeness (QED) is 0.258. The van der Waals surface area contributed by atoms with Gasteiger partial charge in [0.15, 0.2) is 6.20 Å². The van der Waals surface area contributed by atoms with Crippen molar-refractivity contribution in [1.29, 1.82) is 0 Å². The van der Waals surface area contributed by atoms with Gasteiger partial charge in [-0.3, -0.25) is 0 Å². The normalized spacial score (nSPS) is 13.8. The summed E-state index contributed by atoms with van der Waals surface area (Å²) in [6, 6.07) is 20.3. The number of hydrogen-bond acceptors (Lipinski definition) is 2. The Morgan fingerprint density at radius 1 is 0.818 bits per heavy atom. The molecule has 0 spiro atoms. The average molecular weight is 437 g/mol. The lowest BCUT2D eigenvalue weighted by atomic mass is 9.88. The smallest absolute Gasteiger partial charge is 0.216 e. The van der Waals surface area contributed by atoms with Crippen molar-refractivity contribution in [3.8, 4) is 11.3 Å². The maximum absolute atomic E-state index is 8.81. The fourth-order valence-corrected chi connectivity index (χ4v) is 4.80. The Morgan fingerprint density at radius 2 is 1.55 bits per heavy atom. The van der Waals surface area contributed by atoms with Crippen molar-refractivity contribution >= 4 is 43.9 Å². The molecule has 0 unspecified atom stereocenters. The Morgan fingerprint density at radius 3 is 2.33 bits per heavy atom. The number of furan rings is 2. The van der Waals surface area contributed by atoms with Crippen molar-refractivity contribution < 1.29 is 16.1 Å². The molecule has 3 heteroatoms. The van der Waals surface area contributed by atoms with Crippen LogP contribution in [-0.4, -0.2) is 0 Å². The second kappa shape index (κ2) is 6.95. The zero-order valence-electron chi connectivity index (χ0n) is 21.6. The van der Waals surface area contributed by atoms with Crippen molar-refractivity contribution in [3.63, 3.8) is 0 Å². The highest BCUT2D eigenvalue weighted by Gasteiger charge is 2.23. The molecule has 0 atom stereocenters. The number of aryl methyl sites for hydroxylation is 2. The summed E-state index contributed by atoms with van der Waals surface area (Å²) in [5, 5.41) is 4.14. The second-order valence-corrected chi connectivity index (χ2v) is 9.97. The van der Waals surface area contributed by atoms with Crippen molar-refractivity contribution in [3.05, 3.63) is 78.0 Å². The van der Waals surface area contributed by atoms with Crippen molar-refractivity contribution in [2.45, 2.75) is 34.1 Å². The minimum absolute atomic E-state index is 0.540. The van der Waals surface area contributed by atoms with E-state index < -0.39 is 11.8 Å². The molecule has 6 rings (SSSR count). The summed E-state index contributed by atoms with van der Waals surface area (Å²) >= 11 is 0. The maximum Gasteiger partial charge on any atom is 0.216 e. The minimum atomic E-state index is -1.49. The summed E-state index contributed by atoms with van der Waals surface area (Å²) < 4.78 is 32.3. The molecule has 0 aliphatic carbocycles. The van der Waals surface area contributed by atoms with Gasteiger partial charge < -0.3 is 8.83 Å². The lowest BCUT2D eigenvalue weighted by Gasteiger charge is -2.18. The third-order valence-electron chi connectivity index (χ3n) is 6.27. The molecule has 0 fully saturated rings. The first kappa shape index (κ1) is 17.9. The van der Waals surface area contributed by atoms with E-state index in [1.807, 2.05) is 68.9 Å². The zero-order valence-corrected chi connectivity index (χ0v) is 19.6. The van der Waals surface area contributed by atoms with Crippen LogP contribution in [0.1, 0.15) is 34.6 Å². The van der Waals surface area contributed by atoms with E-state index in [2.05, 4.69) is 37.3 Å². The van der Waals surface area contributed by atoms with E-state index in [0.29, 0.717) is 5.56 Å². The third-order valence-corrected chi connectivity index (χ3v) is 6.27. The lowest BCUT2D eigenvalue weighted by molar-refractivity contribution is -0.660. The van der Waals surface area contributed by atoms with Crippen LogP contribution >= 0.6 is 0 Å². The van der Waals surface area contributed by atoms with Crippen LogP contribution < -0.4 is 4.57 Å². The summed E-state index contributed by atoms with van der Waals surface area (Å²) in [6.07, 6.45) is 0.450. The number of pyridine rings is 1. The van der Waals surface area contributed by atoms with Crippen molar-refractivity contribution in [2.75, 3.05) is 0 Å². The standard InChI is InChI=1S/C30H28NO2/c1-18-10-11-21-23-16-26-22(20-8-6-7-9-25(20)32-26)15-27(23)33-29(21)28(18)24-14-19(12-13-31(24)5)17-30(2,3)4/h6-16H,17H2,1-5H3/q+1/i17D2. The van der Waals surface area contributed by atoms with E-state index in [1.165, 1.54) is 0 Å². The van der Waals surface area contributed by atoms with E-state index in [-0.39, 0.29) is 0 Å². The summed E-state index contributed by atoms with van der Waals surface area (Å²) in [5.74, 6) is 0. The molecule has 3 nitrogen and oxygen atoms in total. The maximum atomic E-state index is 8.81. The van der Waals surface area contributed by atoms with Crippen LogP contribution in [0.3, 0.4) is 0 Å². The molecule has 0 N–H and O–H groups in total. The molecular formula is C30H28NO2+. The molecule has 0 saturated heterocycles. The molecule has 0 radical (unpaired) electrons. The lowest BCUT2D eigenvalue weighted by Crippen LogP contribution is -2.31. The molecule has 3 heterocycles. The van der Waals surface area contributed by atoms with Gasteiger partial charge in [-0.25, -0.2) is 4.57 Å². The zero-order chi connectivity index (χ0) is 24.7. The van der Waals surface area contributed by atoms with Crippen LogP contribution in [-0.2, 0) is 13.4 Å². The highest BCUT2D eigenvalue weighted by atomic mass is 16.3. The summed E-state index contributed by atoms with van der Waals surface area (Å²) in [4.78, 5) is 0. The highest BCUT2D eigenvalue weighted by Crippen LogP contribution is 2.40. The van der Waals surface area contributed by atoms with E-state index >= 15 is 0 Å². The van der Waals surface area contributed by atoms with Gasteiger partial charge in [-0.1, -0.05) is 51.1 Å². The molecule has 0 aliphatic heterocycles. The molecule has 3 aromatic carbocycles. The van der Waals surface area contributed by atoms with Gasteiger partial charge in [0.2, 0.25) is 5.69 Å². The minimum Gasteiger partial charge on any atom is -0.456 e. The highest BCUT2D eigenvalue weighted by molar-refractivity contribution is 6.16. The number of para-hydroxylation sites is 1. The number of benzene rings is 3. The fourth-order valence-electron chi connectivity index (χ4n) is 4.80. The summed E-state index contributed by atoms with van der Waals surface area (Å²) in [6.45, 7) is 7.88. The van der Waals surface area contributed by atoms with Gasteiger partial charge in [-0.2, -0.15) is 0 Å². The van der Waals surface area contributed by atoms with Crippen LogP contribution in [0.5, 0.6) is 0 Å². The third kappa shape index (κ3) is 3.22. The molecule has 164 valence electrons. The van der Waals surface area contributed by atoms with Gasteiger partial charge in [0.05, 0.1) is 5.56 Å². The number of nitrogens with zero attached hydrogens (tertiary/aromatic N) is 1. The largest absolute Gasteiger partial charge is 0.456 e. The van der Waals surface area contributed by atoms with Gasteiger partial charge in [-0.15, -0.1) is 0 Å². The van der Waals surface area contributed by atoms with Crippen LogP contribution in [0.4, 0.5) is 0 Å². The first-order valence-electron chi connectivity index (χ1n) is 12.3. The van der Waals surface area contributed by atoms with E-state index in [9.17, 15) is 0 Å². The van der Waals surface area contributed by atoms with E-state index in [1.54, 1.807) is 0 Å². The van der Waals surface area contributed by atoms with Gasteiger partial charge in [0.1, 0.15) is 29.4 Å². The molecule has 6 aromatic rings. The molecule has 0 bridgehead atoms. The number of rotatable bonds is 2. The molecule has 0 amide bonds. The second-order valence-electron chi connectivity index (χ2n) is 9.97. The van der Waals surface area contributed by atoms with Crippen LogP contribution in [0.15, 0.2) is 75.7 Å². The van der Waals surface area contributed by atoms with Crippen molar-refractivity contribution in [2.24, 2.45) is 12.5 Å². The van der Waals surface area contributed by atoms with Crippen LogP contribution in [0.25, 0.3) is 55.1 Å². The monoisotopic (exact) mass is 436 g/mol. The molecule has 0 saturated carbocycles. The molecule has 3 aromatic heterocycles. The Balaban J connectivity index is 1.64. The Labute approximate surface area is 196 Å². The number of fused-ring (bicyclic) bond motifs is 6. The summed E-state index contributed by atoms with van der Waals surface area (Å²) in [5.41, 5.74) is 6.44. The predicted molar refractivity (Wildman–Crippen MR) is 136 cm³/mol. The van der Waals surface area contributed by atoms with Crippen LogP contribution in [0, 0.1) is 12.3 Å². The number of aromatic nitrogens is 1.